The fourth-order valence-electron chi connectivity index (χ4n) is 2.68. The number of thioether (sulfide) groups is 1. The van der Waals surface area contributed by atoms with Crippen molar-refractivity contribution in [3.63, 3.8) is 0 Å². The van der Waals surface area contributed by atoms with Crippen LogP contribution in [0.2, 0.25) is 0 Å². The lowest BCUT2D eigenvalue weighted by Crippen LogP contribution is -2.41. The number of nitrogens with one attached hydrogen (secondary N) is 1. The summed E-state index contributed by atoms with van der Waals surface area (Å²) < 4.78 is 0. The number of hydrogen-bond acceptors (Lipinski definition) is 3. The van der Waals surface area contributed by atoms with Crippen LogP contribution in [0.15, 0.2) is 24.3 Å². The second-order valence-corrected chi connectivity index (χ2v) is 7.09. The predicted octanol–water partition coefficient (Wildman–Crippen LogP) is 2.92. The Morgan fingerprint density at radius 2 is 2.00 bits per heavy atom. The molecule has 1 N–H and O–H groups in total. The third-order valence-electron chi connectivity index (χ3n) is 4.05. The number of carbonyl (C=O) groups excluding carboxylic acids is 2. The van der Waals surface area contributed by atoms with Crippen LogP contribution in [0.1, 0.15) is 43.4 Å². The van der Waals surface area contributed by atoms with Gasteiger partial charge in [-0.2, -0.15) is 11.8 Å². The van der Waals surface area contributed by atoms with Crippen LogP contribution < -0.4 is 5.32 Å². The molecule has 1 aromatic rings. The van der Waals surface area contributed by atoms with Crippen LogP contribution in [0.4, 0.5) is 0 Å². The fourth-order valence-corrected chi connectivity index (χ4v) is 3.77. The summed E-state index contributed by atoms with van der Waals surface area (Å²) in [7, 11) is 0. The largest absolute Gasteiger partial charge is 0.356 e. The first-order valence-electron chi connectivity index (χ1n) is 8.32. The van der Waals surface area contributed by atoms with Crippen LogP contribution >= 0.6 is 11.8 Å². The van der Waals surface area contributed by atoms with Crippen molar-refractivity contribution >= 4 is 23.6 Å². The molecule has 1 aromatic carbocycles. The second-order valence-electron chi connectivity index (χ2n) is 5.94. The van der Waals surface area contributed by atoms with Gasteiger partial charge in [0.1, 0.15) is 0 Å². The van der Waals surface area contributed by atoms with Gasteiger partial charge in [0.25, 0.3) is 0 Å². The molecule has 1 heterocycles. The van der Waals surface area contributed by atoms with Crippen LogP contribution in [0.25, 0.3) is 0 Å². The molecule has 0 aromatic heterocycles. The van der Waals surface area contributed by atoms with E-state index in [4.69, 9.17) is 0 Å². The van der Waals surface area contributed by atoms with E-state index in [0.717, 1.165) is 24.5 Å². The molecule has 1 aliphatic heterocycles. The Hall–Kier alpha value is -1.49. The van der Waals surface area contributed by atoms with Crippen molar-refractivity contribution in [2.45, 2.75) is 39.2 Å². The van der Waals surface area contributed by atoms with Crippen molar-refractivity contribution in [3.05, 3.63) is 35.4 Å². The summed E-state index contributed by atoms with van der Waals surface area (Å²) in [6, 6.07) is 8.53. The average Bonchev–Trinajstić information content (AvgIpc) is 2.58. The number of amides is 2. The second kappa shape index (κ2) is 8.96. The summed E-state index contributed by atoms with van der Waals surface area (Å²) in [5.41, 5.74) is 2.41. The SMILES string of the molecule is CCCNC(=O)CCC(=O)N1CCSCC1c1ccc(C)cc1. The van der Waals surface area contributed by atoms with E-state index in [-0.39, 0.29) is 24.3 Å². The monoisotopic (exact) mass is 334 g/mol. The zero-order valence-electron chi connectivity index (χ0n) is 14.0. The highest BCUT2D eigenvalue weighted by Crippen LogP contribution is 2.30. The van der Waals surface area contributed by atoms with Gasteiger partial charge in [-0.15, -0.1) is 0 Å². The fraction of sp³-hybridized carbons (Fsp3) is 0.556. The number of benzene rings is 1. The van der Waals surface area contributed by atoms with Crippen LogP contribution in [0, 0.1) is 6.92 Å². The number of nitrogens with zero attached hydrogens (tertiary/aromatic N) is 1. The summed E-state index contributed by atoms with van der Waals surface area (Å²) in [5, 5.41) is 2.83. The number of rotatable bonds is 6. The first-order valence-corrected chi connectivity index (χ1v) is 9.47. The van der Waals surface area contributed by atoms with Gasteiger partial charge in [0.15, 0.2) is 0 Å². The average molecular weight is 334 g/mol. The Bertz CT molecular complexity index is 530. The normalized spacial score (nSPS) is 17.8. The van der Waals surface area contributed by atoms with E-state index in [9.17, 15) is 9.59 Å². The quantitative estimate of drug-likeness (QED) is 0.870. The summed E-state index contributed by atoms with van der Waals surface area (Å²) in [5.74, 6) is 1.95. The molecule has 1 saturated heterocycles. The third kappa shape index (κ3) is 5.27. The lowest BCUT2D eigenvalue weighted by Gasteiger charge is -2.36. The molecule has 1 aliphatic rings. The molecule has 0 aliphatic carbocycles. The van der Waals surface area contributed by atoms with Crippen molar-refractivity contribution in [3.8, 4) is 0 Å². The Morgan fingerprint density at radius 3 is 2.70 bits per heavy atom. The van der Waals surface area contributed by atoms with E-state index in [1.54, 1.807) is 0 Å². The van der Waals surface area contributed by atoms with Gasteiger partial charge in [0.2, 0.25) is 11.8 Å². The minimum absolute atomic E-state index is 0.0292. The molecule has 2 amide bonds. The highest BCUT2D eigenvalue weighted by Gasteiger charge is 2.28. The molecule has 0 saturated carbocycles. The van der Waals surface area contributed by atoms with Gasteiger partial charge in [-0.3, -0.25) is 9.59 Å². The lowest BCUT2D eigenvalue weighted by atomic mass is 10.0. The summed E-state index contributed by atoms with van der Waals surface area (Å²) in [4.78, 5) is 26.2. The maximum Gasteiger partial charge on any atom is 0.223 e. The first-order chi connectivity index (χ1) is 11.1. The minimum Gasteiger partial charge on any atom is -0.356 e. The summed E-state index contributed by atoms with van der Waals surface area (Å²) >= 11 is 1.89. The van der Waals surface area contributed by atoms with E-state index >= 15 is 0 Å². The molecular formula is C18H26N2O2S. The van der Waals surface area contributed by atoms with Crippen molar-refractivity contribution in [2.75, 3.05) is 24.6 Å². The number of carbonyl (C=O) groups is 2. The van der Waals surface area contributed by atoms with Crippen molar-refractivity contribution in [2.24, 2.45) is 0 Å². The number of hydrogen-bond donors (Lipinski definition) is 1. The van der Waals surface area contributed by atoms with Crippen molar-refractivity contribution in [1.29, 1.82) is 0 Å². The molecule has 1 atom stereocenters. The van der Waals surface area contributed by atoms with Crippen molar-refractivity contribution < 1.29 is 9.59 Å². The lowest BCUT2D eigenvalue weighted by molar-refractivity contribution is -0.135. The molecule has 1 fully saturated rings. The molecule has 0 bridgehead atoms. The van der Waals surface area contributed by atoms with Gasteiger partial charge < -0.3 is 10.2 Å². The third-order valence-corrected chi connectivity index (χ3v) is 5.07. The Labute approximate surface area is 143 Å². The van der Waals surface area contributed by atoms with Crippen LogP contribution in [-0.4, -0.2) is 41.3 Å². The highest BCUT2D eigenvalue weighted by atomic mass is 32.2. The molecule has 1 unspecified atom stereocenters. The standard InChI is InChI=1S/C18H26N2O2S/c1-3-10-19-17(21)8-9-18(22)20-11-12-23-13-16(20)15-6-4-14(2)5-7-15/h4-7,16H,3,8-13H2,1-2H3,(H,19,21). The molecule has 0 radical (unpaired) electrons. The van der Waals surface area contributed by atoms with Crippen LogP contribution in [0.3, 0.4) is 0 Å². The summed E-state index contributed by atoms with van der Waals surface area (Å²) in [6.07, 6.45) is 1.49. The van der Waals surface area contributed by atoms with E-state index < -0.39 is 0 Å². The van der Waals surface area contributed by atoms with Crippen LogP contribution in [-0.2, 0) is 9.59 Å². The van der Waals surface area contributed by atoms with E-state index in [0.29, 0.717) is 13.0 Å². The first kappa shape index (κ1) is 17.9. The molecule has 0 spiro atoms. The Balaban J connectivity index is 1.96. The van der Waals surface area contributed by atoms with Gasteiger partial charge >= 0.3 is 0 Å². The molecule has 4 nitrogen and oxygen atoms in total. The van der Waals surface area contributed by atoms with Crippen molar-refractivity contribution in [1.82, 2.24) is 10.2 Å². The molecule has 126 valence electrons. The molecule has 2 rings (SSSR count). The van der Waals surface area contributed by atoms with Gasteiger partial charge in [-0.25, -0.2) is 0 Å². The maximum absolute atomic E-state index is 12.6. The Morgan fingerprint density at radius 1 is 1.26 bits per heavy atom. The predicted molar refractivity (Wildman–Crippen MR) is 95.5 cm³/mol. The van der Waals surface area contributed by atoms with Gasteiger partial charge in [-0.1, -0.05) is 36.8 Å². The van der Waals surface area contributed by atoms with Crippen LogP contribution in [0.5, 0.6) is 0 Å². The smallest absolute Gasteiger partial charge is 0.223 e. The van der Waals surface area contributed by atoms with Gasteiger partial charge in [-0.05, 0) is 18.9 Å². The zero-order chi connectivity index (χ0) is 16.7. The zero-order valence-corrected chi connectivity index (χ0v) is 14.8. The minimum atomic E-state index is -0.0292. The van der Waals surface area contributed by atoms with Gasteiger partial charge in [0.05, 0.1) is 6.04 Å². The molecule has 5 heteroatoms. The molecule has 23 heavy (non-hydrogen) atoms. The Kier molecular flexibility index (Phi) is 6.96. The topological polar surface area (TPSA) is 49.4 Å². The van der Waals surface area contributed by atoms with Gasteiger partial charge in [0, 0.05) is 37.4 Å². The highest BCUT2D eigenvalue weighted by molar-refractivity contribution is 7.99. The van der Waals surface area contributed by atoms with E-state index in [2.05, 4.69) is 36.5 Å². The summed E-state index contributed by atoms with van der Waals surface area (Å²) in [6.45, 7) is 5.53. The number of aryl methyl sites for hydroxylation is 1. The van der Waals surface area contributed by atoms with E-state index in [1.807, 2.05) is 23.6 Å². The molecular weight excluding hydrogens is 308 g/mol. The van der Waals surface area contributed by atoms with E-state index in [1.165, 1.54) is 11.1 Å². The maximum atomic E-state index is 12.6.